The summed E-state index contributed by atoms with van der Waals surface area (Å²) in [6.07, 6.45) is 0.845. The second-order valence-electron chi connectivity index (χ2n) is 3.01. The van der Waals surface area contributed by atoms with E-state index in [-0.39, 0.29) is 0 Å². The van der Waals surface area contributed by atoms with E-state index in [1.54, 1.807) is 0 Å². The highest BCUT2D eigenvalue weighted by Crippen LogP contribution is 2.32. The van der Waals surface area contributed by atoms with E-state index >= 15 is 0 Å². The van der Waals surface area contributed by atoms with Crippen LogP contribution in [-0.4, -0.2) is 3.98 Å². The predicted octanol–water partition coefficient (Wildman–Crippen LogP) is 4.26. The van der Waals surface area contributed by atoms with Crippen molar-refractivity contribution in [3.05, 3.63) is 29.3 Å². The number of aryl methyl sites for hydroxylation is 2. The Morgan fingerprint density at radius 3 is 2.43 bits per heavy atom. The molecule has 4 heteroatoms. The van der Waals surface area contributed by atoms with Gasteiger partial charge < -0.3 is 4.74 Å². The van der Waals surface area contributed by atoms with Gasteiger partial charge in [-0.05, 0) is 59.8 Å². The van der Waals surface area contributed by atoms with Gasteiger partial charge in [0.2, 0.25) is 0 Å². The average Bonchev–Trinajstić information content (AvgIpc) is 2.06. The first-order valence-electron chi connectivity index (χ1n) is 4.27. The Morgan fingerprint density at radius 2 is 1.93 bits per heavy atom. The zero-order valence-corrected chi connectivity index (χ0v) is 10.2. The third-order valence-electron chi connectivity index (χ3n) is 1.82. The molecule has 1 rings (SSSR count). The number of alkyl halides is 3. The fourth-order valence-corrected chi connectivity index (χ4v) is 1.46. The van der Waals surface area contributed by atoms with E-state index in [0.29, 0.717) is 5.75 Å². The lowest BCUT2D eigenvalue weighted by Crippen LogP contribution is -2.13. The summed E-state index contributed by atoms with van der Waals surface area (Å²) in [5, 5.41) is 0. The molecule has 1 nitrogen and oxygen atoms in total. The van der Waals surface area contributed by atoms with Gasteiger partial charge in [0.05, 0.1) is 0 Å². The molecule has 0 amide bonds. The number of benzene rings is 1. The molecular formula is C10H11Cl3O. The zero-order valence-electron chi connectivity index (χ0n) is 7.98. The van der Waals surface area contributed by atoms with Crippen LogP contribution in [0.5, 0.6) is 5.75 Å². The molecule has 0 saturated carbocycles. The summed E-state index contributed by atoms with van der Waals surface area (Å²) < 4.78 is 3.48. The van der Waals surface area contributed by atoms with E-state index in [1.165, 1.54) is 5.56 Å². The van der Waals surface area contributed by atoms with Gasteiger partial charge in [-0.3, -0.25) is 0 Å². The van der Waals surface area contributed by atoms with Crippen LogP contribution in [0.15, 0.2) is 18.2 Å². The summed E-state index contributed by atoms with van der Waals surface area (Å²) in [6, 6.07) is 5.76. The van der Waals surface area contributed by atoms with Crippen molar-refractivity contribution in [3.63, 3.8) is 0 Å². The van der Waals surface area contributed by atoms with Crippen LogP contribution in [0.2, 0.25) is 0 Å². The van der Waals surface area contributed by atoms with Gasteiger partial charge in [0.15, 0.2) is 0 Å². The number of hydrogen-bond donors (Lipinski definition) is 0. The Kier molecular flexibility index (Phi) is 3.94. The maximum atomic E-state index is 5.55. The molecule has 0 aliphatic carbocycles. The molecular weight excluding hydrogens is 242 g/mol. The second kappa shape index (κ2) is 4.61. The van der Waals surface area contributed by atoms with Crippen molar-refractivity contribution in [2.24, 2.45) is 0 Å². The van der Waals surface area contributed by atoms with Gasteiger partial charge in [-0.1, -0.05) is 24.6 Å². The number of hydrogen-bond acceptors (Lipinski definition) is 1. The van der Waals surface area contributed by atoms with Crippen LogP contribution in [0.4, 0.5) is 0 Å². The highest BCUT2D eigenvalue weighted by atomic mass is 35.6. The molecule has 0 fully saturated rings. The van der Waals surface area contributed by atoms with Gasteiger partial charge in [0.1, 0.15) is 5.75 Å². The smallest absolute Gasteiger partial charge is 0.338 e. The molecule has 0 bridgehead atoms. The zero-order chi connectivity index (χ0) is 10.8. The van der Waals surface area contributed by atoms with Crippen LogP contribution in [0.1, 0.15) is 18.1 Å². The monoisotopic (exact) mass is 252 g/mol. The summed E-state index contributed by atoms with van der Waals surface area (Å²) in [6.45, 7) is 4.04. The fourth-order valence-electron chi connectivity index (χ4n) is 1.21. The maximum Gasteiger partial charge on any atom is 0.338 e. The average molecular weight is 254 g/mol. The van der Waals surface area contributed by atoms with Crippen LogP contribution in [0, 0.1) is 6.92 Å². The molecule has 0 atom stereocenters. The van der Waals surface area contributed by atoms with Crippen molar-refractivity contribution < 1.29 is 4.74 Å². The molecule has 14 heavy (non-hydrogen) atoms. The lowest BCUT2D eigenvalue weighted by Gasteiger charge is -2.16. The second-order valence-corrected chi connectivity index (χ2v) is 5.19. The maximum absolute atomic E-state index is 5.55. The molecule has 0 aromatic heterocycles. The summed E-state index contributed by atoms with van der Waals surface area (Å²) in [7, 11) is 0. The summed E-state index contributed by atoms with van der Waals surface area (Å²) in [5.41, 5.74) is 2.20. The first-order chi connectivity index (χ1) is 6.42. The Labute approximate surface area is 98.9 Å². The molecule has 0 unspecified atom stereocenters. The van der Waals surface area contributed by atoms with Crippen molar-refractivity contribution in [2.45, 2.75) is 24.2 Å². The van der Waals surface area contributed by atoms with Crippen molar-refractivity contribution in [3.8, 4) is 5.75 Å². The summed E-state index contributed by atoms with van der Waals surface area (Å²) in [4.78, 5) is 0. The Bertz CT molecular complexity index is 318. The molecule has 1 aromatic rings. The fraction of sp³-hybridized carbons (Fsp3) is 0.400. The SMILES string of the molecule is CCc1cc(C)ccc1OC(Cl)(Cl)Cl. The Morgan fingerprint density at radius 1 is 1.29 bits per heavy atom. The van der Waals surface area contributed by atoms with E-state index < -0.39 is 3.98 Å². The van der Waals surface area contributed by atoms with Crippen molar-refractivity contribution in [1.82, 2.24) is 0 Å². The third kappa shape index (κ3) is 3.56. The number of rotatable bonds is 2. The van der Waals surface area contributed by atoms with E-state index in [9.17, 15) is 0 Å². The van der Waals surface area contributed by atoms with Gasteiger partial charge in [0.25, 0.3) is 0 Å². The number of ether oxygens (including phenoxy) is 1. The third-order valence-corrected chi connectivity index (χ3v) is 2.05. The van der Waals surface area contributed by atoms with Crippen LogP contribution in [-0.2, 0) is 6.42 Å². The topological polar surface area (TPSA) is 9.23 Å². The first kappa shape index (κ1) is 12.0. The minimum atomic E-state index is -1.70. The van der Waals surface area contributed by atoms with Crippen LogP contribution < -0.4 is 4.74 Å². The van der Waals surface area contributed by atoms with Gasteiger partial charge in [-0.25, -0.2) is 0 Å². The van der Waals surface area contributed by atoms with Crippen LogP contribution >= 0.6 is 34.8 Å². The minimum absolute atomic E-state index is 0.623. The molecule has 0 spiro atoms. The highest BCUT2D eigenvalue weighted by molar-refractivity contribution is 6.66. The predicted molar refractivity (Wildman–Crippen MR) is 61.5 cm³/mol. The van der Waals surface area contributed by atoms with E-state index in [4.69, 9.17) is 39.5 Å². The lowest BCUT2D eigenvalue weighted by molar-refractivity contribution is 0.317. The minimum Gasteiger partial charge on any atom is -0.445 e. The van der Waals surface area contributed by atoms with Crippen molar-refractivity contribution in [2.75, 3.05) is 0 Å². The van der Waals surface area contributed by atoms with Gasteiger partial charge in [-0.2, -0.15) is 0 Å². The van der Waals surface area contributed by atoms with Crippen molar-refractivity contribution >= 4 is 34.8 Å². The summed E-state index contributed by atoms with van der Waals surface area (Å²) in [5.74, 6) is 0.623. The van der Waals surface area contributed by atoms with E-state index in [0.717, 1.165) is 12.0 Å². The standard InChI is InChI=1S/C10H11Cl3O/c1-3-8-6-7(2)4-5-9(8)14-10(11,12)13/h4-6H,3H2,1-2H3. The summed E-state index contributed by atoms with van der Waals surface area (Å²) >= 11 is 16.6. The van der Waals surface area contributed by atoms with Gasteiger partial charge in [0, 0.05) is 0 Å². The van der Waals surface area contributed by atoms with Crippen LogP contribution in [0.25, 0.3) is 0 Å². The highest BCUT2D eigenvalue weighted by Gasteiger charge is 2.22. The molecule has 78 valence electrons. The molecule has 0 N–H and O–H groups in total. The van der Waals surface area contributed by atoms with Gasteiger partial charge >= 0.3 is 3.98 Å². The van der Waals surface area contributed by atoms with E-state index in [1.807, 2.05) is 32.0 Å². The van der Waals surface area contributed by atoms with Gasteiger partial charge in [-0.15, -0.1) is 0 Å². The Balaban J connectivity index is 2.97. The molecule has 0 aliphatic rings. The Hall–Kier alpha value is -0.110. The molecule has 0 heterocycles. The molecule has 0 radical (unpaired) electrons. The first-order valence-corrected chi connectivity index (χ1v) is 5.41. The largest absolute Gasteiger partial charge is 0.445 e. The molecule has 1 aromatic carbocycles. The normalized spacial score (nSPS) is 11.5. The lowest BCUT2D eigenvalue weighted by atomic mass is 10.1. The molecule has 0 saturated heterocycles. The number of halogens is 3. The van der Waals surface area contributed by atoms with Crippen LogP contribution in [0.3, 0.4) is 0 Å². The van der Waals surface area contributed by atoms with E-state index in [2.05, 4.69) is 0 Å². The van der Waals surface area contributed by atoms with Crippen molar-refractivity contribution in [1.29, 1.82) is 0 Å². The molecule has 0 aliphatic heterocycles. The quantitative estimate of drug-likeness (QED) is 0.716.